The third kappa shape index (κ3) is 2.40. The van der Waals surface area contributed by atoms with Crippen molar-refractivity contribution < 1.29 is 19.1 Å². The number of ketones is 1. The first kappa shape index (κ1) is 16.3. The van der Waals surface area contributed by atoms with E-state index in [4.69, 9.17) is 9.47 Å². The van der Waals surface area contributed by atoms with Crippen LogP contribution < -0.4 is 4.74 Å². The van der Waals surface area contributed by atoms with Crippen LogP contribution in [0.5, 0.6) is 5.75 Å². The zero-order valence-electron chi connectivity index (χ0n) is 15.2. The van der Waals surface area contributed by atoms with Crippen LogP contribution in [0.1, 0.15) is 41.6 Å². The van der Waals surface area contributed by atoms with E-state index in [1.54, 1.807) is 0 Å². The van der Waals surface area contributed by atoms with Gasteiger partial charge in [0, 0.05) is 31.5 Å². The van der Waals surface area contributed by atoms with Crippen molar-refractivity contribution in [2.45, 2.75) is 38.2 Å². The molecular formula is C21H25NO4. The number of carbonyl (C=O) groups is 2. The van der Waals surface area contributed by atoms with Crippen LogP contribution in [-0.2, 0) is 9.53 Å². The lowest BCUT2D eigenvalue weighted by molar-refractivity contribution is -0.134. The third-order valence-corrected chi connectivity index (χ3v) is 6.70. The predicted octanol–water partition coefficient (Wildman–Crippen LogP) is 2.60. The minimum Gasteiger partial charge on any atom is -0.486 e. The summed E-state index contributed by atoms with van der Waals surface area (Å²) in [5.74, 6) is 1.71. The van der Waals surface area contributed by atoms with Crippen LogP contribution in [0.15, 0.2) is 18.2 Å². The zero-order chi connectivity index (χ0) is 17.9. The van der Waals surface area contributed by atoms with Crippen LogP contribution in [0.2, 0.25) is 0 Å². The summed E-state index contributed by atoms with van der Waals surface area (Å²) in [5, 5.41) is 0. The highest BCUT2D eigenvalue weighted by molar-refractivity contribution is 6.01. The van der Waals surface area contributed by atoms with Crippen LogP contribution in [-0.4, -0.2) is 48.5 Å². The fourth-order valence-corrected chi connectivity index (χ4v) is 5.44. The van der Waals surface area contributed by atoms with Gasteiger partial charge in [-0.3, -0.25) is 9.59 Å². The van der Waals surface area contributed by atoms with E-state index in [1.165, 1.54) is 0 Å². The molecule has 0 N–H and O–H groups in total. The molecule has 5 nitrogen and oxygen atoms in total. The smallest absolute Gasteiger partial charge is 0.226 e. The molecule has 1 amide bonds. The summed E-state index contributed by atoms with van der Waals surface area (Å²) in [6.45, 7) is 4.82. The number of Topliss-reactive ketones (excluding diaryl/α,β-unsaturated/α-hetero) is 1. The van der Waals surface area contributed by atoms with Gasteiger partial charge in [0.25, 0.3) is 0 Å². The molecule has 1 aromatic rings. The molecule has 4 aliphatic rings. The lowest BCUT2D eigenvalue weighted by Gasteiger charge is -2.37. The number of benzene rings is 1. The topological polar surface area (TPSA) is 55.8 Å². The predicted molar refractivity (Wildman–Crippen MR) is 95.2 cm³/mol. The number of amides is 1. The molecule has 2 saturated carbocycles. The van der Waals surface area contributed by atoms with Gasteiger partial charge in [0.15, 0.2) is 5.78 Å². The number of ether oxygens (including phenoxy) is 2. The Morgan fingerprint density at radius 1 is 1.27 bits per heavy atom. The van der Waals surface area contributed by atoms with Crippen LogP contribution >= 0.6 is 0 Å². The van der Waals surface area contributed by atoms with E-state index in [1.807, 2.05) is 30.0 Å². The van der Waals surface area contributed by atoms with Crippen molar-refractivity contribution in [1.29, 1.82) is 0 Å². The molecule has 5 rings (SSSR count). The number of nitrogens with zero attached hydrogens (tertiary/aromatic N) is 1. The van der Waals surface area contributed by atoms with E-state index in [2.05, 4.69) is 0 Å². The van der Waals surface area contributed by atoms with Crippen molar-refractivity contribution in [2.24, 2.45) is 17.8 Å². The largest absolute Gasteiger partial charge is 0.486 e. The molecule has 4 atom stereocenters. The first-order valence-electron chi connectivity index (χ1n) is 9.78. The highest BCUT2D eigenvalue weighted by Gasteiger charge is 2.71. The van der Waals surface area contributed by atoms with Gasteiger partial charge < -0.3 is 14.4 Å². The molecule has 138 valence electrons. The van der Waals surface area contributed by atoms with Gasteiger partial charge in [-0.1, -0.05) is 11.6 Å². The lowest BCUT2D eigenvalue weighted by atomic mass is 9.84. The summed E-state index contributed by atoms with van der Waals surface area (Å²) in [5.41, 5.74) is 1.31. The van der Waals surface area contributed by atoms with Gasteiger partial charge in [-0.05, 0) is 44.2 Å². The third-order valence-electron chi connectivity index (χ3n) is 6.70. The van der Waals surface area contributed by atoms with Crippen molar-refractivity contribution in [3.63, 3.8) is 0 Å². The van der Waals surface area contributed by atoms with Crippen LogP contribution in [0.25, 0.3) is 0 Å². The Morgan fingerprint density at radius 2 is 2.15 bits per heavy atom. The molecule has 3 fully saturated rings. The summed E-state index contributed by atoms with van der Waals surface area (Å²) in [6, 6.07) is 5.83. The normalized spacial score (nSPS) is 35.5. The van der Waals surface area contributed by atoms with E-state index in [9.17, 15) is 9.59 Å². The van der Waals surface area contributed by atoms with Gasteiger partial charge in [0.1, 0.15) is 11.4 Å². The maximum atomic E-state index is 13.1. The highest BCUT2D eigenvalue weighted by atomic mass is 16.5. The Bertz CT molecular complexity index is 767. The second-order valence-corrected chi connectivity index (χ2v) is 8.31. The number of aryl methyl sites for hydroxylation is 1. The molecule has 1 aromatic carbocycles. The molecule has 0 bridgehead atoms. The molecule has 2 aliphatic heterocycles. The number of rotatable bonds is 1. The summed E-state index contributed by atoms with van der Waals surface area (Å²) >= 11 is 0. The summed E-state index contributed by atoms with van der Waals surface area (Å²) in [6.07, 6.45) is 3.19. The van der Waals surface area contributed by atoms with Gasteiger partial charge >= 0.3 is 0 Å². The summed E-state index contributed by atoms with van der Waals surface area (Å²) in [4.78, 5) is 27.8. The quantitative estimate of drug-likeness (QED) is 0.777. The van der Waals surface area contributed by atoms with Crippen molar-refractivity contribution in [3.05, 3.63) is 29.3 Å². The van der Waals surface area contributed by atoms with Gasteiger partial charge in [-0.25, -0.2) is 0 Å². The molecule has 0 aromatic heterocycles. The van der Waals surface area contributed by atoms with E-state index in [0.29, 0.717) is 36.8 Å². The first-order valence-corrected chi connectivity index (χ1v) is 9.78. The van der Waals surface area contributed by atoms with Crippen molar-refractivity contribution in [3.8, 4) is 5.75 Å². The Morgan fingerprint density at radius 3 is 3.04 bits per heavy atom. The Hall–Kier alpha value is -1.88. The maximum Gasteiger partial charge on any atom is 0.226 e. The molecule has 1 saturated heterocycles. The van der Waals surface area contributed by atoms with E-state index in [0.717, 1.165) is 38.0 Å². The Kier molecular flexibility index (Phi) is 3.64. The number of hydrogen-bond acceptors (Lipinski definition) is 4. The van der Waals surface area contributed by atoms with Gasteiger partial charge in [-0.15, -0.1) is 0 Å². The van der Waals surface area contributed by atoms with Crippen molar-refractivity contribution in [1.82, 2.24) is 4.90 Å². The molecule has 1 spiro atoms. The summed E-state index contributed by atoms with van der Waals surface area (Å²) in [7, 11) is 0. The fraction of sp³-hybridized carbons (Fsp3) is 0.619. The molecule has 26 heavy (non-hydrogen) atoms. The Labute approximate surface area is 153 Å². The monoisotopic (exact) mass is 355 g/mol. The van der Waals surface area contributed by atoms with Crippen molar-refractivity contribution in [2.75, 3.05) is 26.3 Å². The van der Waals surface area contributed by atoms with Gasteiger partial charge in [0.2, 0.25) is 5.91 Å². The second-order valence-electron chi connectivity index (χ2n) is 8.31. The zero-order valence-corrected chi connectivity index (χ0v) is 15.2. The highest BCUT2D eigenvalue weighted by Crippen LogP contribution is 2.66. The molecule has 2 aliphatic carbocycles. The SMILES string of the molecule is Cc1ccc2c(c1)C(=O)C[C@@]1(CC[C@@H]3[C@@H](C(=O)N4CCCOCC4)[C@@H]31)O2. The van der Waals surface area contributed by atoms with E-state index in [-0.39, 0.29) is 23.5 Å². The van der Waals surface area contributed by atoms with Crippen LogP contribution in [0.4, 0.5) is 0 Å². The lowest BCUT2D eigenvalue weighted by Crippen LogP contribution is -2.45. The fourth-order valence-electron chi connectivity index (χ4n) is 5.44. The van der Waals surface area contributed by atoms with Crippen LogP contribution in [0.3, 0.4) is 0 Å². The number of fused-ring (bicyclic) bond motifs is 3. The van der Waals surface area contributed by atoms with E-state index >= 15 is 0 Å². The van der Waals surface area contributed by atoms with Crippen molar-refractivity contribution >= 4 is 11.7 Å². The Balaban J connectivity index is 1.38. The minimum absolute atomic E-state index is 0.0293. The number of hydrogen-bond donors (Lipinski definition) is 0. The summed E-state index contributed by atoms with van der Waals surface area (Å²) < 4.78 is 11.9. The van der Waals surface area contributed by atoms with E-state index < -0.39 is 5.60 Å². The molecule has 0 radical (unpaired) electrons. The van der Waals surface area contributed by atoms with Gasteiger partial charge in [0.05, 0.1) is 18.6 Å². The maximum absolute atomic E-state index is 13.1. The number of carbonyl (C=O) groups excluding carboxylic acids is 2. The first-order chi connectivity index (χ1) is 12.6. The standard InChI is InChI=1S/C21H25NO4/c1-13-3-4-17-15(11-13)16(23)12-21(26-17)6-5-14-18(19(14)21)20(24)22-7-2-9-25-10-8-22/h3-4,11,14,18-19H,2,5-10,12H2,1H3/t14-,18-,19-,21-/m1/s1. The average Bonchev–Trinajstić information content (AvgIpc) is 3.34. The molecule has 0 unspecified atom stereocenters. The second kappa shape index (κ2) is 5.81. The minimum atomic E-state index is -0.466. The molecule has 2 heterocycles. The van der Waals surface area contributed by atoms with Crippen LogP contribution in [0, 0.1) is 24.7 Å². The average molecular weight is 355 g/mol. The molecule has 5 heteroatoms. The molecular weight excluding hydrogens is 330 g/mol. The van der Waals surface area contributed by atoms with Gasteiger partial charge in [-0.2, -0.15) is 0 Å².